The van der Waals surface area contributed by atoms with Crippen molar-refractivity contribution >= 4 is 28.2 Å². The molecule has 0 aliphatic heterocycles. The molecular formula is C14H17N3O3S. The van der Waals surface area contributed by atoms with Crippen molar-refractivity contribution < 1.29 is 14.7 Å². The van der Waals surface area contributed by atoms with Crippen LogP contribution in [0.15, 0.2) is 17.8 Å². The minimum Gasteiger partial charge on any atom is -0.481 e. The molecule has 2 N–H and O–H groups in total. The highest BCUT2D eigenvalue weighted by Gasteiger charge is 2.32. The van der Waals surface area contributed by atoms with E-state index in [1.165, 1.54) is 11.3 Å². The van der Waals surface area contributed by atoms with E-state index in [0.29, 0.717) is 13.0 Å². The molecule has 112 valence electrons. The van der Waals surface area contributed by atoms with E-state index in [4.69, 9.17) is 5.11 Å². The number of carbonyl (C=O) groups is 2. The largest absolute Gasteiger partial charge is 0.481 e. The Morgan fingerprint density at radius 3 is 3.10 bits per heavy atom. The summed E-state index contributed by atoms with van der Waals surface area (Å²) in [5, 5.41) is 13.9. The fraction of sp³-hybridized carbons (Fsp3) is 0.500. The first kappa shape index (κ1) is 14.1. The number of carboxylic acids is 1. The Bertz CT molecular complexity index is 635. The van der Waals surface area contributed by atoms with E-state index in [1.54, 1.807) is 0 Å². The Morgan fingerprint density at radius 2 is 2.33 bits per heavy atom. The highest BCUT2D eigenvalue weighted by Crippen LogP contribution is 2.31. The van der Waals surface area contributed by atoms with Crippen LogP contribution in [-0.4, -0.2) is 32.9 Å². The third-order valence-corrected chi connectivity index (χ3v) is 4.79. The summed E-state index contributed by atoms with van der Waals surface area (Å²) < 4.78 is 1.89. The lowest BCUT2D eigenvalue weighted by Crippen LogP contribution is -2.33. The summed E-state index contributed by atoms with van der Waals surface area (Å²) in [6.45, 7) is 0.442. The van der Waals surface area contributed by atoms with Crippen LogP contribution in [0.25, 0.3) is 4.96 Å². The number of carbonyl (C=O) groups excluding carboxylic acids is 1. The van der Waals surface area contributed by atoms with Gasteiger partial charge in [-0.15, -0.1) is 11.3 Å². The van der Waals surface area contributed by atoms with Gasteiger partial charge in [0.15, 0.2) is 4.96 Å². The lowest BCUT2D eigenvalue weighted by atomic mass is 9.96. The molecular weight excluding hydrogens is 290 g/mol. The molecule has 0 radical (unpaired) electrons. The fourth-order valence-corrected chi connectivity index (χ4v) is 3.66. The Balaban J connectivity index is 1.52. The summed E-state index contributed by atoms with van der Waals surface area (Å²) >= 11 is 1.53. The van der Waals surface area contributed by atoms with Crippen molar-refractivity contribution in [3.63, 3.8) is 0 Å². The molecule has 0 bridgehead atoms. The number of carboxylic acid groups (broad SMARTS) is 1. The van der Waals surface area contributed by atoms with E-state index in [9.17, 15) is 9.59 Å². The topological polar surface area (TPSA) is 83.7 Å². The van der Waals surface area contributed by atoms with Gasteiger partial charge in [0.25, 0.3) is 0 Å². The van der Waals surface area contributed by atoms with Crippen molar-refractivity contribution in [1.82, 2.24) is 14.7 Å². The number of rotatable bonds is 5. The van der Waals surface area contributed by atoms with E-state index in [1.807, 2.05) is 22.2 Å². The van der Waals surface area contributed by atoms with Gasteiger partial charge in [-0.25, -0.2) is 4.98 Å². The molecule has 7 heteroatoms. The maximum absolute atomic E-state index is 11.9. The summed E-state index contributed by atoms with van der Waals surface area (Å²) in [4.78, 5) is 28.3. The van der Waals surface area contributed by atoms with Gasteiger partial charge in [0.2, 0.25) is 5.91 Å². The van der Waals surface area contributed by atoms with Crippen molar-refractivity contribution in [3.8, 4) is 0 Å². The maximum atomic E-state index is 11.9. The van der Waals surface area contributed by atoms with E-state index in [0.717, 1.165) is 23.5 Å². The fourth-order valence-electron chi connectivity index (χ4n) is 2.94. The first-order valence-corrected chi connectivity index (χ1v) is 7.92. The van der Waals surface area contributed by atoms with Crippen LogP contribution in [0.5, 0.6) is 0 Å². The zero-order valence-electron chi connectivity index (χ0n) is 11.5. The van der Waals surface area contributed by atoms with Crippen molar-refractivity contribution in [2.75, 3.05) is 6.54 Å². The smallest absolute Gasteiger partial charge is 0.306 e. The number of fused-ring (bicyclic) bond motifs is 1. The third kappa shape index (κ3) is 3.07. The molecule has 1 aliphatic carbocycles. The van der Waals surface area contributed by atoms with Crippen molar-refractivity contribution in [1.29, 1.82) is 0 Å². The van der Waals surface area contributed by atoms with E-state index in [2.05, 4.69) is 10.3 Å². The van der Waals surface area contributed by atoms with Crippen LogP contribution in [0.4, 0.5) is 0 Å². The van der Waals surface area contributed by atoms with Crippen molar-refractivity contribution in [3.05, 3.63) is 23.5 Å². The summed E-state index contributed by atoms with van der Waals surface area (Å²) in [7, 11) is 0. The predicted molar refractivity (Wildman–Crippen MR) is 78.2 cm³/mol. The van der Waals surface area contributed by atoms with Gasteiger partial charge in [-0.1, -0.05) is 6.42 Å². The van der Waals surface area contributed by atoms with Gasteiger partial charge in [0, 0.05) is 24.3 Å². The maximum Gasteiger partial charge on any atom is 0.306 e. The number of thiazole rings is 1. The first-order chi connectivity index (χ1) is 10.1. The van der Waals surface area contributed by atoms with Crippen LogP contribution >= 0.6 is 11.3 Å². The molecule has 0 spiro atoms. The molecule has 2 aromatic heterocycles. The molecule has 2 heterocycles. The minimum absolute atomic E-state index is 0.0527. The van der Waals surface area contributed by atoms with E-state index in [-0.39, 0.29) is 24.2 Å². The zero-order chi connectivity index (χ0) is 14.8. The van der Waals surface area contributed by atoms with Crippen molar-refractivity contribution in [2.45, 2.75) is 25.7 Å². The van der Waals surface area contributed by atoms with Gasteiger partial charge in [-0.05, 0) is 18.8 Å². The van der Waals surface area contributed by atoms with Gasteiger partial charge in [-0.2, -0.15) is 0 Å². The van der Waals surface area contributed by atoms with Gasteiger partial charge in [0.1, 0.15) is 0 Å². The summed E-state index contributed by atoms with van der Waals surface area (Å²) in [6.07, 6.45) is 6.50. The predicted octanol–water partition coefficient (Wildman–Crippen LogP) is 1.56. The van der Waals surface area contributed by atoms with Crippen LogP contribution in [0, 0.1) is 11.8 Å². The minimum atomic E-state index is -0.749. The normalized spacial score (nSPS) is 21.7. The van der Waals surface area contributed by atoms with Crippen LogP contribution in [0.3, 0.4) is 0 Å². The molecule has 1 aliphatic rings. The van der Waals surface area contributed by atoms with Gasteiger partial charge < -0.3 is 10.4 Å². The lowest BCUT2D eigenvalue weighted by Gasteiger charge is -2.16. The number of amides is 1. The Morgan fingerprint density at radius 1 is 1.48 bits per heavy atom. The van der Waals surface area contributed by atoms with E-state index < -0.39 is 5.97 Å². The molecule has 6 nitrogen and oxygen atoms in total. The number of hydrogen-bond acceptors (Lipinski definition) is 4. The third-order valence-electron chi connectivity index (χ3n) is 4.02. The Kier molecular flexibility index (Phi) is 3.92. The molecule has 2 atom stereocenters. The number of hydrogen-bond donors (Lipinski definition) is 2. The van der Waals surface area contributed by atoms with Crippen LogP contribution in [0.2, 0.25) is 0 Å². The standard InChI is InChI=1S/C14H17N3O3S/c18-12(6-10-8-17-4-5-21-14(17)16-10)15-7-9-2-1-3-11(9)13(19)20/h4-5,8-9,11H,1-3,6-7H2,(H,15,18)(H,19,20). The molecule has 0 aromatic carbocycles. The van der Waals surface area contributed by atoms with E-state index >= 15 is 0 Å². The molecule has 3 rings (SSSR count). The zero-order valence-corrected chi connectivity index (χ0v) is 12.3. The Hall–Kier alpha value is -1.89. The second kappa shape index (κ2) is 5.85. The summed E-state index contributed by atoms with van der Waals surface area (Å²) in [6, 6.07) is 0. The van der Waals surface area contributed by atoms with Crippen molar-refractivity contribution in [2.24, 2.45) is 11.8 Å². The number of aliphatic carboxylic acids is 1. The van der Waals surface area contributed by atoms with Crippen LogP contribution in [0.1, 0.15) is 25.0 Å². The van der Waals surface area contributed by atoms with Gasteiger partial charge >= 0.3 is 5.97 Å². The number of nitrogens with zero attached hydrogens (tertiary/aromatic N) is 2. The van der Waals surface area contributed by atoms with Crippen LogP contribution < -0.4 is 5.32 Å². The Labute approximate surface area is 125 Å². The second-order valence-corrected chi connectivity index (χ2v) is 6.31. The van der Waals surface area contributed by atoms with Crippen LogP contribution in [-0.2, 0) is 16.0 Å². The van der Waals surface area contributed by atoms with Gasteiger partial charge in [0.05, 0.1) is 18.0 Å². The molecule has 2 aromatic rings. The average molecular weight is 307 g/mol. The molecule has 0 saturated heterocycles. The molecule has 21 heavy (non-hydrogen) atoms. The molecule has 1 saturated carbocycles. The number of aromatic nitrogens is 2. The SMILES string of the molecule is O=C(Cc1cn2ccsc2n1)NCC1CCCC1C(=O)O. The number of nitrogens with one attached hydrogen (secondary N) is 1. The average Bonchev–Trinajstić information content (AvgIpc) is 3.10. The molecule has 1 amide bonds. The first-order valence-electron chi connectivity index (χ1n) is 7.04. The quantitative estimate of drug-likeness (QED) is 0.878. The monoisotopic (exact) mass is 307 g/mol. The van der Waals surface area contributed by atoms with Gasteiger partial charge in [-0.3, -0.25) is 14.0 Å². The highest BCUT2D eigenvalue weighted by molar-refractivity contribution is 7.15. The molecule has 2 unspecified atom stereocenters. The lowest BCUT2D eigenvalue weighted by molar-refractivity contribution is -0.143. The summed E-state index contributed by atoms with van der Waals surface area (Å²) in [5.74, 6) is -1.11. The number of imidazole rings is 1. The second-order valence-electron chi connectivity index (χ2n) is 5.44. The highest BCUT2D eigenvalue weighted by atomic mass is 32.1. The summed E-state index contributed by atoms with van der Waals surface area (Å²) in [5.41, 5.74) is 0.737. The molecule has 1 fully saturated rings.